The van der Waals surface area contributed by atoms with Gasteiger partial charge in [0.05, 0.1) is 12.2 Å². The standard InChI is InChI=1S/C50H54O4/c1-33-25-35(3)47(36(4)26-33)43-23-15-21-41(49(43)53-31-39-17-11-9-12-18-39)29-45(51-7)46(52-8)30-42-22-16-24-44(48-37(5)27-34(2)28-38(48)6)50(42)54-32-40-19-13-10-14-20-40/h9-28,45-46H,29-32H2,1-8H3/t45-,46-/m1/s1. The fraction of sp³-hybridized carbons (Fsp3) is 0.280. The SMILES string of the molecule is CO[C@H](Cc1cccc(-c2c(C)cc(C)cc2C)c1OCc1ccccc1)[C@@H](Cc1cccc(-c2c(C)cc(C)cc2C)c1OCc1ccccc1)OC. The summed E-state index contributed by atoms with van der Waals surface area (Å²) in [6.07, 6.45) is 0.677. The van der Waals surface area contributed by atoms with Gasteiger partial charge >= 0.3 is 0 Å². The minimum atomic E-state index is -0.266. The van der Waals surface area contributed by atoms with Crippen molar-refractivity contribution >= 4 is 0 Å². The largest absolute Gasteiger partial charge is 0.488 e. The van der Waals surface area contributed by atoms with Crippen molar-refractivity contribution in [2.75, 3.05) is 14.2 Å². The third-order valence-electron chi connectivity index (χ3n) is 10.4. The first-order valence-corrected chi connectivity index (χ1v) is 19.0. The normalized spacial score (nSPS) is 12.4. The van der Waals surface area contributed by atoms with Gasteiger partial charge in [-0.2, -0.15) is 0 Å². The molecule has 4 nitrogen and oxygen atoms in total. The molecule has 6 aromatic carbocycles. The van der Waals surface area contributed by atoms with Gasteiger partial charge < -0.3 is 18.9 Å². The molecule has 0 amide bonds. The molecule has 0 spiro atoms. The first-order valence-electron chi connectivity index (χ1n) is 19.0. The van der Waals surface area contributed by atoms with Crippen LogP contribution in [0.2, 0.25) is 0 Å². The van der Waals surface area contributed by atoms with E-state index in [9.17, 15) is 0 Å². The molecule has 0 N–H and O–H groups in total. The lowest BCUT2D eigenvalue weighted by Gasteiger charge is -2.28. The summed E-state index contributed by atoms with van der Waals surface area (Å²) < 4.78 is 26.2. The van der Waals surface area contributed by atoms with E-state index >= 15 is 0 Å². The third-order valence-corrected chi connectivity index (χ3v) is 10.4. The number of benzene rings is 6. The topological polar surface area (TPSA) is 36.9 Å². The molecule has 0 heterocycles. The first-order chi connectivity index (χ1) is 26.2. The van der Waals surface area contributed by atoms with E-state index in [0.717, 1.165) is 44.9 Å². The van der Waals surface area contributed by atoms with Crippen molar-refractivity contribution in [1.29, 1.82) is 0 Å². The highest BCUT2D eigenvalue weighted by Crippen LogP contribution is 2.41. The van der Waals surface area contributed by atoms with Crippen LogP contribution in [0.25, 0.3) is 22.3 Å². The molecule has 6 aromatic rings. The summed E-state index contributed by atoms with van der Waals surface area (Å²) in [6, 6.07) is 42.7. The maximum atomic E-state index is 6.80. The second-order valence-corrected chi connectivity index (χ2v) is 14.6. The van der Waals surface area contributed by atoms with Crippen LogP contribution in [-0.4, -0.2) is 26.4 Å². The van der Waals surface area contributed by atoms with Gasteiger partial charge in [-0.3, -0.25) is 0 Å². The summed E-state index contributed by atoms with van der Waals surface area (Å²) in [4.78, 5) is 0. The van der Waals surface area contributed by atoms with Crippen LogP contribution >= 0.6 is 0 Å². The number of hydrogen-bond donors (Lipinski definition) is 0. The van der Waals surface area contributed by atoms with Gasteiger partial charge in [0.25, 0.3) is 0 Å². The third kappa shape index (κ3) is 8.95. The molecule has 0 aromatic heterocycles. The van der Waals surface area contributed by atoms with Gasteiger partial charge in [-0.05, 0) is 97.2 Å². The van der Waals surface area contributed by atoms with E-state index in [2.05, 4.69) is 151 Å². The second kappa shape index (κ2) is 17.8. The smallest absolute Gasteiger partial charge is 0.130 e. The van der Waals surface area contributed by atoms with Gasteiger partial charge in [-0.25, -0.2) is 0 Å². The quantitative estimate of drug-likeness (QED) is 0.106. The van der Waals surface area contributed by atoms with Crippen molar-refractivity contribution in [3.05, 3.63) is 177 Å². The maximum absolute atomic E-state index is 6.80. The highest BCUT2D eigenvalue weighted by molar-refractivity contribution is 5.79. The molecule has 0 fully saturated rings. The second-order valence-electron chi connectivity index (χ2n) is 14.6. The summed E-state index contributed by atoms with van der Waals surface area (Å²) in [5, 5.41) is 0. The fourth-order valence-electron chi connectivity index (χ4n) is 8.06. The van der Waals surface area contributed by atoms with Crippen LogP contribution in [0.5, 0.6) is 11.5 Å². The molecule has 0 aliphatic heterocycles. The highest BCUT2D eigenvalue weighted by Gasteiger charge is 2.27. The average molecular weight is 719 g/mol. The van der Waals surface area contributed by atoms with Crippen LogP contribution in [0, 0.1) is 41.5 Å². The van der Waals surface area contributed by atoms with Crippen LogP contribution in [0.4, 0.5) is 0 Å². The van der Waals surface area contributed by atoms with Crippen LogP contribution in [0.3, 0.4) is 0 Å². The lowest BCUT2D eigenvalue weighted by Crippen LogP contribution is -2.34. The van der Waals surface area contributed by atoms with Crippen LogP contribution < -0.4 is 9.47 Å². The zero-order valence-corrected chi connectivity index (χ0v) is 33.2. The first kappa shape index (κ1) is 38.6. The van der Waals surface area contributed by atoms with Gasteiger partial charge in [-0.15, -0.1) is 0 Å². The van der Waals surface area contributed by atoms with E-state index in [4.69, 9.17) is 18.9 Å². The van der Waals surface area contributed by atoms with Crippen molar-refractivity contribution in [2.24, 2.45) is 0 Å². The molecule has 278 valence electrons. The summed E-state index contributed by atoms with van der Waals surface area (Å²) in [6.45, 7) is 14.0. The highest BCUT2D eigenvalue weighted by atomic mass is 16.5. The minimum Gasteiger partial charge on any atom is -0.488 e. The van der Waals surface area contributed by atoms with Crippen LogP contribution in [0.1, 0.15) is 55.6 Å². The van der Waals surface area contributed by atoms with E-state index in [1.807, 2.05) is 12.1 Å². The number of para-hydroxylation sites is 2. The molecule has 0 bridgehead atoms. The Morgan fingerprint density at radius 3 is 1.11 bits per heavy atom. The van der Waals surface area contributed by atoms with Gasteiger partial charge in [-0.1, -0.05) is 132 Å². The van der Waals surface area contributed by atoms with Crippen molar-refractivity contribution in [1.82, 2.24) is 0 Å². The van der Waals surface area contributed by atoms with Crippen LogP contribution in [0.15, 0.2) is 121 Å². The lowest BCUT2D eigenvalue weighted by molar-refractivity contribution is -0.0351. The molecular weight excluding hydrogens is 665 g/mol. The van der Waals surface area contributed by atoms with Gasteiger partial charge in [0.1, 0.15) is 24.7 Å². The Hall–Kier alpha value is -5.16. The number of ether oxygens (including phenoxy) is 4. The van der Waals surface area contributed by atoms with Gasteiger partial charge in [0.2, 0.25) is 0 Å². The van der Waals surface area contributed by atoms with Crippen molar-refractivity contribution in [2.45, 2.75) is 79.8 Å². The molecule has 0 unspecified atom stereocenters. The van der Waals surface area contributed by atoms with Crippen molar-refractivity contribution in [3.63, 3.8) is 0 Å². The summed E-state index contributed by atoms with van der Waals surface area (Å²) in [5.74, 6) is 1.76. The Labute approximate surface area is 322 Å². The molecule has 0 aliphatic carbocycles. The average Bonchev–Trinajstić information content (AvgIpc) is 3.15. The number of rotatable bonds is 15. The predicted octanol–water partition coefficient (Wildman–Crippen LogP) is 11.8. The Kier molecular flexibility index (Phi) is 12.7. The molecular formula is C50H54O4. The Morgan fingerprint density at radius 2 is 0.778 bits per heavy atom. The maximum Gasteiger partial charge on any atom is 0.130 e. The molecule has 0 radical (unpaired) electrons. The molecule has 0 saturated carbocycles. The fourth-order valence-corrected chi connectivity index (χ4v) is 8.06. The molecule has 6 rings (SSSR count). The Bertz CT molecular complexity index is 1970. The summed E-state index contributed by atoms with van der Waals surface area (Å²) in [7, 11) is 3.56. The summed E-state index contributed by atoms with van der Waals surface area (Å²) in [5.41, 5.74) is 16.4. The Morgan fingerprint density at radius 1 is 0.426 bits per heavy atom. The van der Waals surface area contributed by atoms with E-state index in [-0.39, 0.29) is 12.2 Å². The molecule has 2 atom stereocenters. The lowest BCUT2D eigenvalue weighted by atomic mass is 9.89. The van der Waals surface area contributed by atoms with Crippen molar-refractivity contribution in [3.8, 4) is 33.8 Å². The number of methoxy groups -OCH3 is 2. The van der Waals surface area contributed by atoms with Gasteiger partial charge in [0.15, 0.2) is 0 Å². The minimum absolute atomic E-state index is 0.266. The molecule has 4 heteroatoms. The molecule has 0 aliphatic rings. The van der Waals surface area contributed by atoms with E-state index in [1.165, 1.54) is 44.5 Å². The Balaban J connectivity index is 1.37. The molecule has 54 heavy (non-hydrogen) atoms. The van der Waals surface area contributed by atoms with Gasteiger partial charge in [0, 0.05) is 38.2 Å². The summed E-state index contributed by atoms with van der Waals surface area (Å²) >= 11 is 0. The van der Waals surface area contributed by atoms with Crippen LogP contribution in [-0.2, 0) is 35.5 Å². The number of aryl methyl sites for hydroxylation is 6. The van der Waals surface area contributed by atoms with E-state index in [0.29, 0.717) is 26.1 Å². The van der Waals surface area contributed by atoms with E-state index < -0.39 is 0 Å². The van der Waals surface area contributed by atoms with Crippen molar-refractivity contribution < 1.29 is 18.9 Å². The zero-order chi connectivity index (χ0) is 38.2. The predicted molar refractivity (Wildman–Crippen MR) is 223 cm³/mol. The molecule has 0 saturated heterocycles. The van der Waals surface area contributed by atoms with E-state index in [1.54, 1.807) is 14.2 Å². The zero-order valence-electron chi connectivity index (χ0n) is 33.2. The number of hydrogen-bond acceptors (Lipinski definition) is 4. The monoisotopic (exact) mass is 718 g/mol.